The lowest BCUT2D eigenvalue weighted by Gasteiger charge is -1.79. The van der Waals surface area contributed by atoms with Crippen LogP contribution in [0.4, 0.5) is 5.00 Å². The number of nitrogens with zero attached hydrogens (tertiary/aromatic N) is 2. The molecule has 0 amide bonds. The number of halogens is 1. The summed E-state index contributed by atoms with van der Waals surface area (Å²) < 4.78 is 3.65. The number of hydrogen-bond acceptors (Lipinski definition) is 4. The predicted molar refractivity (Wildman–Crippen MR) is 36.3 cm³/mol. The Morgan fingerprint density at radius 2 is 2.44 bits per heavy atom. The van der Waals surface area contributed by atoms with Crippen molar-refractivity contribution < 1.29 is 0 Å². The second-order valence-corrected chi connectivity index (χ2v) is 2.49. The molecule has 3 nitrogen and oxygen atoms in total. The lowest BCUT2D eigenvalue weighted by Crippen LogP contribution is -1.81. The van der Waals surface area contributed by atoms with Gasteiger partial charge in [0.05, 0.1) is 0 Å². The Morgan fingerprint density at radius 1 is 1.78 bits per heavy atom. The number of rotatable bonds is 0. The standard InChI is InChI=1S/C4H2ClN3S/c5-3-2(1-6)4(7)9-8-3/h7H2. The number of hydrogen-bond donors (Lipinski definition) is 1. The van der Waals surface area contributed by atoms with Crippen LogP contribution < -0.4 is 5.73 Å². The van der Waals surface area contributed by atoms with E-state index in [0.717, 1.165) is 11.5 Å². The number of aromatic nitrogens is 1. The van der Waals surface area contributed by atoms with E-state index in [1.54, 1.807) is 0 Å². The van der Waals surface area contributed by atoms with E-state index < -0.39 is 0 Å². The van der Waals surface area contributed by atoms with Gasteiger partial charge in [0, 0.05) is 0 Å². The molecule has 5 heteroatoms. The van der Waals surface area contributed by atoms with Gasteiger partial charge in [-0.05, 0) is 11.5 Å². The van der Waals surface area contributed by atoms with E-state index in [2.05, 4.69) is 4.37 Å². The summed E-state index contributed by atoms with van der Waals surface area (Å²) in [7, 11) is 0. The molecule has 0 spiro atoms. The first-order valence-electron chi connectivity index (χ1n) is 2.06. The second-order valence-electron chi connectivity index (χ2n) is 1.32. The van der Waals surface area contributed by atoms with Crippen molar-refractivity contribution in [1.29, 1.82) is 5.26 Å². The average molecular weight is 160 g/mol. The summed E-state index contributed by atoms with van der Waals surface area (Å²) in [6.45, 7) is 0. The average Bonchev–Trinajstić information content (AvgIpc) is 2.12. The Kier molecular flexibility index (Phi) is 1.56. The number of nitrogens with two attached hydrogens (primary N) is 1. The molecule has 0 bridgehead atoms. The number of nitrogen functional groups attached to an aromatic ring is 1. The minimum atomic E-state index is 0.194. The summed E-state index contributed by atoms with van der Waals surface area (Å²) in [6.07, 6.45) is 0. The zero-order valence-electron chi connectivity index (χ0n) is 4.26. The van der Waals surface area contributed by atoms with Gasteiger partial charge in [0.2, 0.25) is 0 Å². The first-order valence-corrected chi connectivity index (χ1v) is 3.21. The molecule has 0 saturated carbocycles. The van der Waals surface area contributed by atoms with Crippen molar-refractivity contribution in [3.8, 4) is 6.07 Å². The van der Waals surface area contributed by atoms with E-state index >= 15 is 0 Å². The van der Waals surface area contributed by atoms with Gasteiger partial charge < -0.3 is 5.73 Å². The zero-order valence-corrected chi connectivity index (χ0v) is 5.83. The normalized spacial score (nSPS) is 8.89. The van der Waals surface area contributed by atoms with Crippen molar-refractivity contribution in [1.82, 2.24) is 4.37 Å². The highest BCUT2D eigenvalue weighted by atomic mass is 35.5. The quantitative estimate of drug-likeness (QED) is 0.620. The van der Waals surface area contributed by atoms with Crippen molar-refractivity contribution in [3.63, 3.8) is 0 Å². The van der Waals surface area contributed by atoms with Crippen LogP contribution in [0.1, 0.15) is 5.56 Å². The monoisotopic (exact) mass is 159 g/mol. The maximum atomic E-state index is 8.34. The van der Waals surface area contributed by atoms with Gasteiger partial charge in [-0.25, -0.2) is 0 Å². The highest BCUT2D eigenvalue weighted by Crippen LogP contribution is 2.23. The van der Waals surface area contributed by atoms with Crippen molar-refractivity contribution in [2.75, 3.05) is 5.73 Å². The van der Waals surface area contributed by atoms with Crippen LogP contribution in [-0.4, -0.2) is 4.37 Å². The van der Waals surface area contributed by atoms with E-state index in [0.29, 0.717) is 5.00 Å². The van der Waals surface area contributed by atoms with Crippen molar-refractivity contribution in [3.05, 3.63) is 10.7 Å². The minimum absolute atomic E-state index is 0.194. The van der Waals surface area contributed by atoms with E-state index in [1.807, 2.05) is 6.07 Å². The molecule has 1 heterocycles. The van der Waals surface area contributed by atoms with Crippen LogP contribution in [0.3, 0.4) is 0 Å². The minimum Gasteiger partial charge on any atom is -0.388 e. The molecule has 9 heavy (non-hydrogen) atoms. The lowest BCUT2D eigenvalue weighted by molar-refractivity contribution is 1.47. The van der Waals surface area contributed by atoms with Crippen LogP contribution in [0, 0.1) is 11.3 Å². The zero-order chi connectivity index (χ0) is 6.85. The van der Waals surface area contributed by atoms with Crippen molar-refractivity contribution in [2.24, 2.45) is 0 Å². The van der Waals surface area contributed by atoms with E-state index in [4.69, 9.17) is 22.6 Å². The Morgan fingerprint density at radius 3 is 2.67 bits per heavy atom. The van der Waals surface area contributed by atoms with Gasteiger partial charge in [0.25, 0.3) is 0 Å². The SMILES string of the molecule is N#Cc1c(Cl)nsc1N. The fourth-order valence-electron chi connectivity index (χ4n) is 0.383. The molecule has 0 radical (unpaired) electrons. The van der Waals surface area contributed by atoms with Gasteiger partial charge in [0.15, 0.2) is 5.15 Å². The molecular formula is C4H2ClN3S. The molecule has 1 aromatic heterocycles. The van der Waals surface area contributed by atoms with Gasteiger partial charge in [-0.1, -0.05) is 11.6 Å². The predicted octanol–water partition coefficient (Wildman–Crippen LogP) is 1.25. The second kappa shape index (κ2) is 2.21. The molecule has 0 fully saturated rings. The van der Waals surface area contributed by atoms with E-state index in [9.17, 15) is 0 Å². The number of nitriles is 1. The molecule has 0 saturated heterocycles. The maximum Gasteiger partial charge on any atom is 0.162 e. The van der Waals surface area contributed by atoms with Crippen LogP contribution in [0.15, 0.2) is 0 Å². The summed E-state index contributed by atoms with van der Waals surface area (Å²) in [5.74, 6) is 0. The summed E-state index contributed by atoms with van der Waals surface area (Å²) in [6, 6.07) is 1.83. The van der Waals surface area contributed by atoms with Crippen LogP contribution in [0.2, 0.25) is 5.15 Å². The summed E-state index contributed by atoms with van der Waals surface area (Å²) in [5, 5.41) is 8.91. The van der Waals surface area contributed by atoms with E-state index in [-0.39, 0.29) is 10.7 Å². The van der Waals surface area contributed by atoms with Gasteiger partial charge in [-0.3, -0.25) is 0 Å². The Balaban J connectivity index is 3.27. The molecular weight excluding hydrogens is 158 g/mol. The molecule has 46 valence electrons. The fraction of sp³-hybridized carbons (Fsp3) is 0. The highest BCUT2D eigenvalue weighted by Gasteiger charge is 2.06. The molecule has 0 unspecified atom stereocenters. The molecule has 1 aromatic rings. The van der Waals surface area contributed by atoms with Gasteiger partial charge in [0.1, 0.15) is 16.6 Å². The van der Waals surface area contributed by atoms with Crippen molar-refractivity contribution in [2.45, 2.75) is 0 Å². The third-order valence-electron chi connectivity index (χ3n) is 0.789. The molecule has 0 aliphatic rings. The fourth-order valence-corrected chi connectivity index (χ4v) is 1.19. The molecule has 0 aromatic carbocycles. The number of anilines is 1. The first kappa shape index (κ1) is 6.33. The Labute approximate surface area is 60.8 Å². The molecule has 0 aliphatic carbocycles. The summed E-state index contributed by atoms with van der Waals surface area (Å²) in [5.41, 5.74) is 5.58. The van der Waals surface area contributed by atoms with Crippen LogP contribution in [0.25, 0.3) is 0 Å². The van der Waals surface area contributed by atoms with Crippen molar-refractivity contribution >= 4 is 28.1 Å². The van der Waals surface area contributed by atoms with Gasteiger partial charge in [-0.2, -0.15) is 9.64 Å². The van der Waals surface area contributed by atoms with Crippen LogP contribution in [0.5, 0.6) is 0 Å². The molecule has 0 aliphatic heterocycles. The van der Waals surface area contributed by atoms with Crippen LogP contribution >= 0.6 is 23.1 Å². The largest absolute Gasteiger partial charge is 0.388 e. The molecule has 1 rings (SSSR count). The van der Waals surface area contributed by atoms with Crippen LogP contribution in [-0.2, 0) is 0 Å². The van der Waals surface area contributed by atoms with Gasteiger partial charge >= 0.3 is 0 Å². The van der Waals surface area contributed by atoms with E-state index in [1.165, 1.54) is 0 Å². The highest BCUT2D eigenvalue weighted by molar-refractivity contribution is 7.10. The third-order valence-corrected chi connectivity index (χ3v) is 1.84. The Bertz CT molecular complexity index is 242. The van der Waals surface area contributed by atoms with Gasteiger partial charge in [-0.15, -0.1) is 0 Å². The maximum absolute atomic E-state index is 8.34. The molecule has 2 N–H and O–H groups in total. The smallest absolute Gasteiger partial charge is 0.162 e. The topological polar surface area (TPSA) is 62.7 Å². The Hall–Kier alpha value is -0.790. The summed E-state index contributed by atoms with van der Waals surface area (Å²) in [4.78, 5) is 0. The summed E-state index contributed by atoms with van der Waals surface area (Å²) >= 11 is 6.47. The lowest BCUT2D eigenvalue weighted by atomic mass is 10.4. The molecule has 0 atom stereocenters. The first-order chi connectivity index (χ1) is 4.25. The third kappa shape index (κ3) is 0.969.